The van der Waals surface area contributed by atoms with E-state index in [0.717, 1.165) is 24.5 Å². The second-order valence-electron chi connectivity index (χ2n) is 8.41. The van der Waals surface area contributed by atoms with Crippen LogP contribution in [-0.4, -0.2) is 79.1 Å². The smallest absolute Gasteiger partial charge is 0.241 e. The van der Waals surface area contributed by atoms with Crippen LogP contribution >= 0.6 is 12.2 Å². The van der Waals surface area contributed by atoms with Crippen molar-refractivity contribution < 1.29 is 23.8 Å². The largest absolute Gasteiger partial charge is 0.497 e. The summed E-state index contributed by atoms with van der Waals surface area (Å²) in [6.45, 7) is 3.35. The first-order chi connectivity index (χ1) is 16.5. The van der Waals surface area contributed by atoms with Crippen molar-refractivity contribution in [1.29, 1.82) is 0 Å². The van der Waals surface area contributed by atoms with Crippen LogP contribution < -0.4 is 9.64 Å². The van der Waals surface area contributed by atoms with Gasteiger partial charge in [0.05, 0.1) is 12.8 Å². The summed E-state index contributed by atoms with van der Waals surface area (Å²) >= 11 is 5.36. The molecule has 4 aliphatic rings. The lowest BCUT2D eigenvalue weighted by molar-refractivity contribution is -0.132. The number of benzene rings is 1. The van der Waals surface area contributed by atoms with Crippen LogP contribution in [0.2, 0.25) is 0 Å². The van der Waals surface area contributed by atoms with Gasteiger partial charge in [0, 0.05) is 57.0 Å². The third-order valence-electron chi connectivity index (χ3n) is 6.40. The number of piperazine rings is 1. The minimum atomic E-state index is -0.535. The number of carbonyl (C=O) groups excluding carboxylic acids is 2. The zero-order valence-electron chi connectivity index (χ0n) is 18.9. The predicted molar refractivity (Wildman–Crippen MR) is 129 cm³/mol. The number of rotatable bonds is 6. The van der Waals surface area contributed by atoms with Gasteiger partial charge in [-0.05, 0) is 36.8 Å². The van der Waals surface area contributed by atoms with Crippen molar-refractivity contribution in [1.82, 2.24) is 9.80 Å². The number of aliphatic imine (C=N–C) groups is 1. The molecule has 2 amide bonds. The van der Waals surface area contributed by atoms with Crippen LogP contribution in [0.15, 0.2) is 52.9 Å². The maximum atomic E-state index is 13.0. The molecule has 2 saturated heterocycles. The fourth-order valence-electron chi connectivity index (χ4n) is 4.51. The van der Waals surface area contributed by atoms with Crippen molar-refractivity contribution in [2.45, 2.75) is 12.8 Å². The van der Waals surface area contributed by atoms with Crippen LogP contribution in [-0.2, 0) is 19.1 Å². The molecular weight excluding hydrogens is 456 g/mol. The number of carbonyl (C=O) groups is 2. The monoisotopic (exact) mass is 482 g/mol. The molecule has 178 valence electrons. The van der Waals surface area contributed by atoms with Gasteiger partial charge in [-0.1, -0.05) is 6.07 Å². The summed E-state index contributed by atoms with van der Waals surface area (Å²) in [7, 11) is 1.66. The molecule has 0 aromatic heterocycles. The third kappa shape index (κ3) is 4.37. The van der Waals surface area contributed by atoms with E-state index in [9.17, 15) is 9.59 Å². The number of anilines is 1. The molecule has 2 fully saturated rings. The Bertz CT molecular complexity index is 1110. The normalized spacial score (nSPS) is 21.6. The molecule has 1 aromatic carbocycles. The van der Waals surface area contributed by atoms with E-state index in [4.69, 9.17) is 26.4 Å². The average Bonchev–Trinajstić information content (AvgIpc) is 3.32. The van der Waals surface area contributed by atoms with Crippen LogP contribution in [0.25, 0.3) is 0 Å². The first-order valence-electron chi connectivity index (χ1n) is 11.3. The van der Waals surface area contributed by atoms with Gasteiger partial charge in [-0.2, -0.15) is 0 Å². The van der Waals surface area contributed by atoms with Gasteiger partial charge < -0.3 is 24.0 Å². The van der Waals surface area contributed by atoms with Crippen molar-refractivity contribution >= 4 is 40.5 Å². The van der Waals surface area contributed by atoms with Crippen molar-refractivity contribution in [3.63, 3.8) is 0 Å². The van der Waals surface area contributed by atoms with Gasteiger partial charge in [0.15, 0.2) is 11.5 Å². The standard InChI is InChI=1S/C24H26N4O5S/c1-31-17-5-2-4-16(12-17)26-8-10-27(11-9-26)22(29)6-3-7-28-23(30)18-13-20-21(33-15-32-20)14-19(18)25-24(28)34/h2,4-5,12-14,18H,3,6-11,15H2,1H3. The summed E-state index contributed by atoms with van der Waals surface area (Å²) in [6.07, 6.45) is 4.32. The second kappa shape index (κ2) is 9.46. The molecule has 1 unspecified atom stereocenters. The number of ether oxygens (including phenoxy) is 3. The highest BCUT2D eigenvalue weighted by Crippen LogP contribution is 2.31. The number of nitrogens with zero attached hydrogens (tertiary/aromatic N) is 4. The van der Waals surface area contributed by atoms with Crippen LogP contribution in [0.4, 0.5) is 5.69 Å². The average molecular weight is 483 g/mol. The Kier molecular flexibility index (Phi) is 6.23. The Hall–Kier alpha value is -3.40. The fourth-order valence-corrected chi connectivity index (χ4v) is 4.80. The Morgan fingerprint density at radius 1 is 1.21 bits per heavy atom. The number of fused-ring (bicyclic) bond motifs is 2. The number of thiocarbonyl (C=S) groups is 1. The molecule has 3 aliphatic heterocycles. The lowest BCUT2D eigenvalue weighted by Gasteiger charge is -2.36. The van der Waals surface area contributed by atoms with E-state index in [1.54, 1.807) is 19.3 Å². The topological polar surface area (TPSA) is 83.9 Å². The van der Waals surface area contributed by atoms with Gasteiger partial charge in [-0.25, -0.2) is 4.99 Å². The molecule has 0 N–H and O–H groups in total. The number of methoxy groups -OCH3 is 1. The van der Waals surface area contributed by atoms with Gasteiger partial charge in [-0.3, -0.25) is 14.5 Å². The van der Waals surface area contributed by atoms with E-state index in [0.29, 0.717) is 49.7 Å². The zero-order chi connectivity index (χ0) is 23.7. The highest BCUT2D eigenvalue weighted by molar-refractivity contribution is 7.80. The second-order valence-corrected chi connectivity index (χ2v) is 8.77. The highest BCUT2D eigenvalue weighted by atomic mass is 32.1. The first-order valence-corrected chi connectivity index (χ1v) is 11.7. The van der Waals surface area contributed by atoms with Gasteiger partial charge in [0.25, 0.3) is 0 Å². The molecule has 10 heteroatoms. The minimum Gasteiger partial charge on any atom is -0.497 e. The van der Waals surface area contributed by atoms with E-state index in [2.05, 4.69) is 16.0 Å². The SMILES string of the molecule is COc1cccc(N2CCN(C(=O)CCCN3C(=O)C4C=C5OCOC5=CC4=NC3=S)CC2)c1. The molecule has 1 aliphatic carbocycles. The van der Waals surface area contributed by atoms with Crippen LogP contribution in [0.1, 0.15) is 12.8 Å². The number of hydrogen-bond donors (Lipinski definition) is 0. The molecule has 0 saturated carbocycles. The minimum absolute atomic E-state index is 0.0914. The summed E-state index contributed by atoms with van der Waals surface area (Å²) in [5.74, 6) is 1.38. The summed E-state index contributed by atoms with van der Waals surface area (Å²) in [6, 6.07) is 7.95. The fraction of sp³-hybridized carbons (Fsp3) is 0.417. The Labute approximate surface area is 203 Å². The summed E-state index contributed by atoms with van der Waals surface area (Å²) in [5, 5.41) is 0.225. The maximum absolute atomic E-state index is 13.0. The molecule has 3 heterocycles. The van der Waals surface area contributed by atoms with Crippen LogP contribution in [0.5, 0.6) is 5.75 Å². The van der Waals surface area contributed by atoms with Crippen molar-refractivity contribution in [2.24, 2.45) is 10.9 Å². The van der Waals surface area contributed by atoms with Crippen molar-refractivity contribution in [2.75, 3.05) is 51.5 Å². The molecule has 0 bridgehead atoms. The maximum Gasteiger partial charge on any atom is 0.241 e. The number of hydrogen-bond acceptors (Lipinski definition) is 7. The summed E-state index contributed by atoms with van der Waals surface area (Å²) < 4.78 is 16.1. The Balaban J connectivity index is 1.12. The lowest BCUT2D eigenvalue weighted by Crippen LogP contribution is -2.49. The van der Waals surface area contributed by atoms with Crippen molar-refractivity contribution in [3.8, 4) is 5.75 Å². The molecule has 1 aromatic rings. The highest BCUT2D eigenvalue weighted by Gasteiger charge is 2.38. The van der Waals surface area contributed by atoms with E-state index >= 15 is 0 Å². The number of allylic oxidation sites excluding steroid dienone is 1. The quantitative estimate of drug-likeness (QED) is 0.574. The number of amides is 2. The lowest BCUT2D eigenvalue weighted by atomic mass is 9.94. The van der Waals surface area contributed by atoms with Gasteiger partial charge in [0.2, 0.25) is 23.7 Å². The molecule has 9 nitrogen and oxygen atoms in total. The van der Waals surface area contributed by atoms with E-state index in [1.165, 1.54) is 4.90 Å². The molecule has 34 heavy (non-hydrogen) atoms. The molecule has 1 atom stereocenters. The van der Waals surface area contributed by atoms with Crippen molar-refractivity contribution in [3.05, 3.63) is 47.9 Å². The van der Waals surface area contributed by atoms with E-state index < -0.39 is 5.92 Å². The molecule has 5 rings (SSSR count). The van der Waals surface area contributed by atoms with Gasteiger partial charge >= 0.3 is 0 Å². The van der Waals surface area contributed by atoms with Gasteiger partial charge in [0.1, 0.15) is 11.7 Å². The van der Waals surface area contributed by atoms with Gasteiger partial charge in [-0.15, -0.1) is 0 Å². The van der Waals surface area contributed by atoms with Crippen LogP contribution in [0.3, 0.4) is 0 Å². The Morgan fingerprint density at radius 2 is 2.00 bits per heavy atom. The predicted octanol–water partition coefficient (Wildman–Crippen LogP) is 2.09. The molecular formula is C24H26N4O5S. The van der Waals surface area contributed by atoms with E-state index in [-0.39, 0.29) is 23.7 Å². The van der Waals surface area contributed by atoms with E-state index in [1.807, 2.05) is 23.1 Å². The Morgan fingerprint density at radius 3 is 2.79 bits per heavy atom. The zero-order valence-corrected chi connectivity index (χ0v) is 19.8. The third-order valence-corrected chi connectivity index (χ3v) is 6.71. The summed E-state index contributed by atoms with van der Waals surface area (Å²) in [4.78, 5) is 35.9. The summed E-state index contributed by atoms with van der Waals surface area (Å²) in [5.41, 5.74) is 1.66. The molecule has 0 radical (unpaired) electrons. The molecule has 0 spiro atoms. The first kappa shape index (κ1) is 22.4. The van der Waals surface area contributed by atoms with Crippen LogP contribution in [0, 0.1) is 5.92 Å².